The fourth-order valence-electron chi connectivity index (χ4n) is 1.93. The third-order valence-corrected chi connectivity index (χ3v) is 4.59. The smallest absolute Gasteiger partial charge is 0.0692 e. The predicted octanol–water partition coefficient (Wildman–Crippen LogP) is 2.94. The standard InChI is InChI=1S/C13H13ClN4S/c14-13-10-3-1-2-4-11(10)19-12(13)9-15-5-7-18-8-6-16-17-18/h1-4,6,8,15H,5,7,9H2. The molecule has 0 amide bonds. The summed E-state index contributed by atoms with van der Waals surface area (Å²) >= 11 is 8.12. The number of nitrogens with one attached hydrogen (secondary N) is 1. The summed E-state index contributed by atoms with van der Waals surface area (Å²) < 4.78 is 3.04. The van der Waals surface area contributed by atoms with E-state index in [1.165, 1.54) is 9.58 Å². The summed E-state index contributed by atoms with van der Waals surface area (Å²) in [5.74, 6) is 0. The Morgan fingerprint density at radius 3 is 3.00 bits per heavy atom. The van der Waals surface area contributed by atoms with Crippen molar-refractivity contribution in [3.05, 3.63) is 46.6 Å². The first-order valence-electron chi connectivity index (χ1n) is 6.05. The SMILES string of the molecule is Clc1c(CNCCn2ccnn2)sc2ccccc12. The van der Waals surface area contributed by atoms with E-state index >= 15 is 0 Å². The first-order valence-corrected chi connectivity index (χ1v) is 7.25. The maximum atomic E-state index is 6.38. The van der Waals surface area contributed by atoms with Crippen LogP contribution in [0.5, 0.6) is 0 Å². The van der Waals surface area contributed by atoms with Crippen LogP contribution in [0, 0.1) is 0 Å². The van der Waals surface area contributed by atoms with Crippen molar-refractivity contribution in [1.82, 2.24) is 20.3 Å². The molecule has 0 fully saturated rings. The first-order chi connectivity index (χ1) is 9.34. The Morgan fingerprint density at radius 2 is 2.21 bits per heavy atom. The lowest BCUT2D eigenvalue weighted by molar-refractivity contribution is 0.542. The van der Waals surface area contributed by atoms with Gasteiger partial charge in [-0.3, -0.25) is 4.68 Å². The maximum Gasteiger partial charge on any atom is 0.0692 e. The quantitative estimate of drug-likeness (QED) is 0.735. The summed E-state index contributed by atoms with van der Waals surface area (Å²) in [4.78, 5) is 1.18. The molecule has 4 nitrogen and oxygen atoms in total. The molecule has 3 rings (SSSR count). The monoisotopic (exact) mass is 292 g/mol. The molecule has 2 heterocycles. The normalized spacial score (nSPS) is 11.2. The Morgan fingerprint density at radius 1 is 1.32 bits per heavy atom. The van der Waals surface area contributed by atoms with Gasteiger partial charge in [0.15, 0.2) is 0 Å². The molecule has 0 radical (unpaired) electrons. The van der Waals surface area contributed by atoms with Gasteiger partial charge in [0.25, 0.3) is 0 Å². The average molecular weight is 293 g/mol. The van der Waals surface area contributed by atoms with Gasteiger partial charge in [0.05, 0.1) is 17.8 Å². The van der Waals surface area contributed by atoms with Gasteiger partial charge in [-0.05, 0) is 6.07 Å². The minimum atomic E-state index is 0.785. The number of fused-ring (bicyclic) bond motifs is 1. The fourth-order valence-corrected chi connectivity index (χ4v) is 3.40. The minimum Gasteiger partial charge on any atom is -0.310 e. The van der Waals surface area contributed by atoms with E-state index in [4.69, 9.17) is 11.6 Å². The number of aromatic nitrogens is 3. The van der Waals surface area contributed by atoms with Crippen molar-refractivity contribution in [2.45, 2.75) is 13.1 Å². The van der Waals surface area contributed by atoms with Crippen LogP contribution in [0.4, 0.5) is 0 Å². The molecule has 0 saturated carbocycles. The lowest BCUT2D eigenvalue weighted by Gasteiger charge is -2.03. The highest BCUT2D eigenvalue weighted by atomic mass is 35.5. The Bertz CT molecular complexity index is 662. The summed E-state index contributed by atoms with van der Waals surface area (Å²) in [6, 6.07) is 8.22. The van der Waals surface area contributed by atoms with Crippen molar-refractivity contribution >= 4 is 33.0 Å². The summed E-state index contributed by atoms with van der Waals surface area (Å²) in [7, 11) is 0. The van der Waals surface area contributed by atoms with Gasteiger partial charge in [0, 0.05) is 34.2 Å². The van der Waals surface area contributed by atoms with Gasteiger partial charge in [0.1, 0.15) is 0 Å². The zero-order chi connectivity index (χ0) is 13.1. The van der Waals surface area contributed by atoms with E-state index in [0.717, 1.165) is 30.0 Å². The van der Waals surface area contributed by atoms with E-state index in [-0.39, 0.29) is 0 Å². The van der Waals surface area contributed by atoms with Gasteiger partial charge >= 0.3 is 0 Å². The van der Waals surface area contributed by atoms with Gasteiger partial charge in [-0.1, -0.05) is 35.0 Å². The van der Waals surface area contributed by atoms with Crippen molar-refractivity contribution in [3.63, 3.8) is 0 Å². The Kier molecular flexibility index (Phi) is 3.77. The van der Waals surface area contributed by atoms with Crippen LogP contribution in [0.3, 0.4) is 0 Å². The molecule has 0 unspecified atom stereocenters. The molecule has 0 saturated heterocycles. The Hall–Kier alpha value is -1.43. The number of thiophene rings is 1. The molecule has 1 aromatic carbocycles. The molecule has 0 bridgehead atoms. The lowest BCUT2D eigenvalue weighted by atomic mass is 10.2. The van der Waals surface area contributed by atoms with Crippen molar-refractivity contribution in [2.75, 3.05) is 6.54 Å². The van der Waals surface area contributed by atoms with Crippen molar-refractivity contribution in [1.29, 1.82) is 0 Å². The fraction of sp³-hybridized carbons (Fsp3) is 0.231. The molecule has 19 heavy (non-hydrogen) atoms. The van der Waals surface area contributed by atoms with E-state index in [1.54, 1.807) is 22.2 Å². The van der Waals surface area contributed by atoms with Crippen LogP contribution in [-0.4, -0.2) is 21.5 Å². The Labute approximate surface area is 120 Å². The van der Waals surface area contributed by atoms with E-state index < -0.39 is 0 Å². The third-order valence-electron chi connectivity index (χ3n) is 2.88. The average Bonchev–Trinajstić information content (AvgIpc) is 3.04. The van der Waals surface area contributed by atoms with Crippen LogP contribution in [0.15, 0.2) is 36.7 Å². The number of halogens is 1. The maximum absolute atomic E-state index is 6.38. The van der Waals surface area contributed by atoms with E-state index in [9.17, 15) is 0 Å². The van der Waals surface area contributed by atoms with Crippen LogP contribution in [0.25, 0.3) is 10.1 Å². The Balaban J connectivity index is 1.61. The van der Waals surface area contributed by atoms with Gasteiger partial charge in [0.2, 0.25) is 0 Å². The predicted molar refractivity (Wildman–Crippen MR) is 78.6 cm³/mol. The highest BCUT2D eigenvalue weighted by Gasteiger charge is 2.08. The van der Waals surface area contributed by atoms with Gasteiger partial charge < -0.3 is 5.32 Å². The summed E-state index contributed by atoms with van der Waals surface area (Å²) in [6.07, 6.45) is 3.54. The molecule has 0 spiro atoms. The number of rotatable bonds is 5. The lowest BCUT2D eigenvalue weighted by Crippen LogP contribution is -2.19. The van der Waals surface area contributed by atoms with Crippen molar-refractivity contribution < 1.29 is 0 Å². The number of nitrogens with zero attached hydrogens (tertiary/aromatic N) is 3. The third kappa shape index (κ3) is 2.78. The van der Waals surface area contributed by atoms with Gasteiger partial charge in [-0.15, -0.1) is 16.4 Å². The highest BCUT2D eigenvalue weighted by molar-refractivity contribution is 7.19. The zero-order valence-corrected chi connectivity index (χ0v) is 11.8. The van der Waals surface area contributed by atoms with Crippen LogP contribution in [-0.2, 0) is 13.1 Å². The molecule has 6 heteroatoms. The highest BCUT2D eigenvalue weighted by Crippen LogP contribution is 2.34. The summed E-state index contributed by atoms with van der Waals surface area (Å²) in [5, 5.41) is 13.1. The van der Waals surface area contributed by atoms with Crippen LogP contribution in [0.1, 0.15) is 4.88 Å². The van der Waals surface area contributed by atoms with Crippen LogP contribution >= 0.6 is 22.9 Å². The molecule has 2 aromatic heterocycles. The molecule has 0 aliphatic heterocycles. The minimum absolute atomic E-state index is 0.785. The van der Waals surface area contributed by atoms with Crippen molar-refractivity contribution in [2.24, 2.45) is 0 Å². The zero-order valence-electron chi connectivity index (χ0n) is 10.2. The van der Waals surface area contributed by atoms with E-state index in [0.29, 0.717) is 0 Å². The number of hydrogen-bond acceptors (Lipinski definition) is 4. The van der Waals surface area contributed by atoms with E-state index in [1.807, 2.05) is 18.3 Å². The van der Waals surface area contributed by atoms with Crippen LogP contribution < -0.4 is 5.32 Å². The number of benzene rings is 1. The second-order valence-electron chi connectivity index (χ2n) is 4.18. The van der Waals surface area contributed by atoms with Crippen molar-refractivity contribution in [3.8, 4) is 0 Å². The molecule has 0 aliphatic carbocycles. The molecule has 98 valence electrons. The number of hydrogen-bond donors (Lipinski definition) is 1. The second kappa shape index (κ2) is 5.69. The summed E-state index contributed by atoms with van der Waals surface area (Å²) in [5.41, 5.74) is 0. The first kappa shape index (κ1) is 12.6. The van der Waals surface area contributed by atoms with Crippen LogP contribution in [0.2, 0.25) is 5.02 Å². The molecule has 3 aromatic rings. The second-order valence-corrected chi connectivity index (χ2v) is 5.69. The molecular weight excluding hydrogens is 280 g/mol. The molecule has 1 N–H and O–H groups in total. The molecular formula is C13H13ClN4S. The topological polar surface area (TPSA) is 42.7 Å². The van der Waals surface area contributed by atoms with E-state index in [2.05, 4.69) is 27.8 Å². The van der Waals surface area contributed by atoms with Gasteiger partial charge in [-0.25, -0.2) is 0 Å². The summed E-state index contributed by atoms with van der Waals surface area (Å²) in [6.45, 7) is 2.43. The molecule has 0 atom stereocenters. The molecule has 0 aliphatic rings. The van der Waals surface area contributed by atoms with Gasteiger partial charge in [-0.2, -0.15) is 0 Å². The largest absolute Gasteiger partial charge is 0.310 e.